The summed E-state index contributed by atoms with van der Waals surface area (Å²) in [5.41, 5.74) is 3.34. The maximum Gasteiger partial charge on any atom is 0.255 e. The van der Waals surface area contributed by atoms with E-state index in [2.05, 4.69) is 21.1 Å². The number of pyridine rings is 1. The molecule has 0 spiro atoms. The minimum Gasteiger partial charge on any atom is -0.493 e. The first-order chi connectivity index (χ1) is 16.5. The molecule has 0 unspecified atom stereocenters. The number of benzene rings is 1. The van der Waals surface area contributed by atoms with Crippen LogP contribution in [0, 0.1) is 18.3 Å². The third kappa shape index (κ3) is 4.15. The van der Waals surface area contributed by atoms with E-state index in [1.165, 1.54) is 17.5 Å². The molecule has 174 valence electrons. The van der Waals surface area contributed by atoms with Crippen LogP contribution in [0.5, 0.6) is 5.88 Å². The third-order valence-corrected chi connectivity index (χ3v) is 6.94. The van der Waals surface area contributed by atoms with Gasteiger partial charge in [-0.1, -0.05) is 6.07 Å². The number of nitrogens with zero attached hydrogens (tertiary/aromatic N) is 6. The van der Waals surface area contributed by atoms with Crippen LogP contribution in [0.3, 0.4) is 0 Å². The highest BCUT2D eigenvalue weighted by Crippen LogP contribution is 2.33. The van der Waals surface area contributed by atoms with Crippen LogP contribution in [0.4, 0.5) is 0 Å². The Hall–Kier alpha value is -3.70. The molecule has 1 amide bonds. The van der Waals surface area contributed by atoms with Crippen molar-refractivity contribution >= 4 is 5.91 Å². The van der Waals surface area contributed by atoms with Crippen LogP contribution < -0.4 is 0 Å². The first-order valence-corrected chi connectivity index (χ1v) is 11.8. The van der Waals surface area contributed by atoms with E-state index in [0.717, 1.165) is 50.1 Å². The number of hydrogen-bond acceptors (Lipinski definition) is 6. The molecule has 0 saturated carbocycles. The van der Waals surface area contributed by atoms with Gasteiger partial charge in [0, 0.05) is 25.3 Å². The van der Waals surface area contributed by atoms with Crippen molar-refractivity contribution < 1.29 is 9.90 Å². The smallest absolute Gasteiger partial charge is 0.255 e. The van der Waals surface area contributed by atoms with Gasteiger partial charge in [-0.15, -0.1) is 0 Å². The average Bonchev–Trinajstić information content (AvgIpc) is 3.54. The van der Waals surface area contributed by atoms with Crippen molar-refractivity contribution in [1.29, 1.82) is 5.26 Å². The Labute approximate surface area is 199 Å². The van der Waals surface area contributed by atoms with Crippen molar-refractivity contribution in [3.63, 3.8) is 0 Å². The van der Waals surface area contributed by atoms with Gasteiger partial charge in [0.05, 0.1) is 29.0 Å². The molecule has 34 heavy (non-hydrogen) atoms. The zero-order valence-corrected chi connectivity index (χ0v) is 19.3. The molecule has 5 rings (SSSR count). The van der Waals surface area contributed by atoms with Gasteiger partial charge in [0.15, 0.2) is 5.82 Å². The van der Waals surface area contributed by atoms with Crippen LogP contribution in [0.15, 0.2) is 42.7 Å². The van der Waals surface area contributed by atoms with Crippen LogP contribution in [-0.4, -0.2) is 67.8 Å². The van der Waals surface area contributed by atoms with E-state index in [9.17, 15) is 9.90 Å². The van der Waals surface area contributed by atoms with Crippen LogP contribution in [0.25, 0.3) is 16.9 Å². The van der Waals surface area contributed by atoms with Crippen LogP contribution in [0.1, 0.15) is 47.2 Å². The molecule has 1 N–H and O–H groups in total. The molecule has 2 aromatic heterocycles. The van der Waals surface area contributed by atoms with E-state index in [0.29, 0.717) is 28.6 Å². The lowest BCUT2D eigenvalue weighted by molar-refractivity contribution is 0.0607. The SMILES string of the molecule is Cc1cc(C#N)ccc1-c1cnn(-c2ccc(C(=O)N3CCC[C@H](N4CCCC4)C3)cn2)c1O. The number of amides is 1. The minimum atomic E-state index is -0.0381. The Morgan fingerprint density at radius 2 is 1.91 bits per heavy atom. The predicted molar refractivity (Wildman–Crippen MR) is 128 cm³/mol. The van der Waals surface area contributed by atoms with Gasteiger partial charge in [-0.3, -0.25) is 9.69 Å². The number of aromatic hydroxyl groups is 1. The Balaban J connectivity index is 1.33. The van der Waals surface area contributed by atoms with Gasteiger partial charge in [-0.25, -0.2) is 4.98 Å². The van der Waals surface area contributed by atoms with E-state index in [-0.39, 0.29) is 11.8 Å². The molecule has 3 aromatic rings. The van der Waals surface area contributed by atoms with Crippen LogP contribution in [-0.2, 0) is 0 Å². The van der Waals surface area contributed by atoms with Crippen molar-refractivity contribution in [3.05, 3.63) is 59.4 Å². The van der Waals surface area contributed by atoms with E-state index in [1.54, 1.807) is 42.7 Å². The number of carbonyl (C=O) groups excluding carboxylic acids is 1. The Kier molecular flexibility index (Phi) is 6.03. The molecule has 2 aliphatic heterocycles. The largest absolute Gasteiger partial charge is 0.493 e. The highest BCUT2D eigenvalue weighted by Gasteiger charge is 2.29. The molecule has 8 heteroatoms. The predicted octanol–water partition coefficient (Wildman–Crippen LogP) is 3.52. The lowest BCUT2D eigenvalue weighted by Crippen LogP contribution is -2.49. The molecule has 2 aliphatic rings. The van der Waals surface area contributed by atoms with E-state index < -0.39 is 0 Å². The maximum absolute atomic E-state index is 13.1. The van der Waals surface area contributed by atoms with Crippen molar-refractivity contribution in [2.24, 2.45) is 0 Å². The van der Waals surface area contributed by atoms with Gasteiger partial charge < -0.3 is 10.0 Å². The second-order valence-corrected chi connectivity index (χ2v) is 9.13. The number of likely N-dealkylation sites (tertiary alicyclic amines) is 2. The number of hydrogen-bond donors (Lipinski definition) is 1. The van der Waals surface area contributed by atoms with E-state index in [1.807, 2.05) is 11.8 Å². The minimum absolute atomic E-state index is 0.00142. The molecule has 0 radical (unpaired) electrons. The maximum atomic E-state index is 13.1. The lowest BCUT2D eigenvalue weighted by atomic mass is 10.0. The molecule has 0 bridgehead atoms. The summed E-state index contributed by atoms with van der Waals surface area (Å²) in [5.74, 6) is 0.394. The summed E-state index contributed by atoms with van der Waals surface area (Å²) >= 11 is 0. The summed E-state index contributed by atoms with van der Waals surface area (Å²) in [7, 11) is 0. The number of nitriles is 1. The zero-order valence-electron chi connectivity index (χ0n) is 19.3. The molecule has 0 aliphatic carbocycles. The van der Waals surface area contributed by atoms with Gasteiger partial charge in [0.1, 0.15) is 0 Å². The molecule has 8 nitrogen and oxygen atoms in total. The molecular formula is C26H28N6O2. The fourth-order valence-electron chi connectivity index (χ4n) is 5.10. The first kappa shape index (κ1) is 22.1. The fourth-order valence-corrected chi connectivity index (χ4v) is 5.10. The zero-order chi connectivity index (χ0) is 23.7. The highest BCUT2D eigenvalue weighted by atomic mass is 16.3. The molecule has 4 heterocycles. The van der Waals surface area contributed by atoms with Gasteiger partial charge in [0.25, 0.3) is 5.91 Å². The van der Waals surface area contributed by atoms with Crippen molar-refractivity contribution in [3.8, 4) is 28.9 Å². The molecule has 1 atom stereocenters. The van der Waals surface area contributed by atoms with Crippen LogP contribution in [0.2, 0.25) is 0 Å². The monoisotopic (exact) mass is 456 g/mol. The lowest BCUT2D eigenvalue weighted by Gasteiger charge is -2.37. The summed E-state index contributed by atoms with van der Waals surface area (Å²) in [5, 5.41) is 24.2. The van der Waals surface area contributed by atoms with Gasteiger partial charge >= 0.3 is 0 Å². The summed E-state index contributed by atoms with van der Waals surface area (Å²) in [6, 6.07) is 11.3. The van der Waals surface area contributed by atoms with Gasteiger partial charge in [-0.2, -0.15) is 15.0 Å². The highest BCUT2D eigenvalue weighted by molar-refractivity contribution is 5.94. The topological polar surface area (TPSA) is 98.3 Å². The standard InChI is InChI=1S/C26H28N6O2/c1-18-13-19(14-27)6-8-22(18)23-16-29-32(26(23)34)24-9-7-20(15-28-24)25(33)31-12-4-5-21(17-31)30-10-2-3-11-30/h6-9,13,15-16,21,34H,2-5,10-12,17H2,1H3/t21-/m0/s1. The van der Waals surface area contributed by atoms with Crippen molar-refractivity contribution in [2.45, 2.75) is 38.6 Å². The average molecular weight is 457 g/mol. The first-order valence-electron chi connectivity index (χ1n) is 11.8. The van der Waals surface area contributed by atoms with Crippen LogP contribution >= 0.6 is 0 Å². The van der Waals surface area contributed by atoms with Crippen molar-refractivity contribution in [2.75, 3.05) is 26.2 Å². The van der Waals surface area contributed by atoms with Crippen molar-refractivity contribution in [1.82, 2.24) is 24.6 Å². The summed E-state index contributed by atoms with van der Waals surface area (Å²) in [6.45, 7) is 5.72. The third-order valence-electron chi connectivity index (χ3n) is 6.94. The number of piperidine rings is 1. The molecule has 1 aromatic carbocycles. The van der Waals surface area contributed by atoms with E-state index >= 15 is 0 Å². The normalized spacial score (nSPS) is 18.7. The molecule has 2 fully saturated rings. The molecule has 2 saturated heterocycles. The van der Waals surface area contributed by atoms with Gasteiger partial charge in [0.2, 0.25) is 5.88 Å². The number of carbonyl (C=O) groups is 1. The Bertz CT molecular complexity index is 1240. The Morgan fingerprint density at radius 1 is 1.09 bits per heavy atom. The number of aromatic nitrogens is 3. The van der Waals surface area contributed by atoms with E-state index in [4.69, 9.17) is 5.26 Å². The number of aryl methyl sites for hydroxylation is 1. The summed E-state index contributed by atoms with van der Waals surface area (Å²) < 4.78 is 1.35. The number of rotatable bonds is 4. The summed E-state index contributed by atoms with van der Waals surface area (Å²) in [4.78, 5) is 22.0. The quantitative estimate of drug-likeness (QED) is 0.645. The fraction of sp³-hybridized carbons (Fsp3) is 0.385. The molecular weight excluding hydrogens is 428 g/mol. The second kappa shape index (κ2) is 9.27. The Morgan fingerprint density at radius 3 is 2.62 bits per heavy atom. The summed E-state index contributed by atoms with van der Waals surface area (Å²) in [6.07, 6.45) is 7.82. The van der Waals surface area contributed by atoms with Gasteiger partial charge in [-0.05, 0) is 81.1 Å². The second-order valence-electron chi connectivity index (χ2n) is 9.13.